The molecule has 0 bridgehead atoms. The smallest absolute Gasteiger partial charge is 0.216 e. The fourth-order valence-corrected chi connectivity index (χ4v) is 2.46. The second kappa shape index (κ2) is 4.36. The third kappa shape index (κ3) is 2.01. The Hall–Kier alpha value is -1.17. The molecule has 70 valence electrons. The van der Waals surface area contributed by atoms with Crippen LogP contribution in [0.1, 0.15) is 0 Å². The van der Waals surface area contributed by atoms with E-state index in [9.17, 15) is 0 Å². The van der Waals surface area contributed by atoms with Crippen LogP contribution in [0.3, 0.4) is 0 Å². The molecule has 0 amide bonds. The van der Waals surface area contributed by atoms with Gasteiger partial charge in [0.15, 0.2) is 0 Å². The highest BCUT2D eigenvalue weighted by atomic mass is 31.1. The van der Waals surface area contributed by atoms with Gasteiger partial charge in [-0.15, -0.1) is 0 Å². The molecule has 0 fully saturated rings. The summed E-state index contributed by atoms with van der Waals surface area (Å²) in [5, 5.41) is 2.13. The summed E-state index contributed by atoms with van der Waals surface area (Å²) >= 11 is 0. The van der Waals surface area contributed by atoms with Crippen molar-refractivity contribution in [2.75, 3.05) is 0 Å². The molecule has 0 radical (unpaired) electrons. The molecule has 0 aliphatic heterocycles. The zero-order valence-electron chi connectivity index (χ0n) is 8.63. The van der Waals surface area contributed by atoms with Crippen LogP contribution in [0.5, 0.6) is 0 Å². The summed E-state index contributed by atoms with van der Waals surface area (Å²) in [4.78, 5) is 4.84. The van der Waals surface area contributed by atoms with Gasteiger partial charge in [0.1, 0.15) is 0 Å². The maximum absolute atomic E-state index is 7.16. The fourth-order valence-electron chi connectivity index (χ4n) is 1.28. The van der Waals surface area contributed by atoms with E-state index in [1.54, 1.807) is 0 Å². The van der Waals surface area contributed by atoms with Crippen LogP contribution in [0.2, 0.25) is 0 Å². The van der Waals surface area contributed by atoms with Gasteiger partial charge < -0.3 is 4.90 Å². The van der Waals surface area contributed by atoms with Crippen LogP contribution >= 0.6 is 8.15 Å². The Morgan fingerprint density at radius 3 is 1.57 bits per heavy atom. The molecular weight excluding hydrogens is 191 g/mol. The summed E-state index contributed by atoms with van der Waals surface area (Å²) in [7, 11) is -0.982. The SMILES string of the molecule is [2H]OP(c1ccccc1)c1ccccc1. The first-order valence-electron chi connectivity index (χ1n) is 4.86. The lowest BCUT2D eigenvalue weighted by atomic mass is 10.4. The van der Waals surface area contributed by atoms with Crippen LogP contribution in [0.25, 0.3) is 0 Å². The number of hydrogen-bond donors (Lipinski definition) is 1. The Labute approximate surface area is 86.4 Å². The first-order chi connectivity index (χ1) is 7.42. The van der Waals surface area contributed by atoms with Crippen LogP contribution in [-0.4, -0.2) is 6.33 Å². The minimum atomic E-state index is -0.982. The van der Waals surface area contributed by atoms with Crippen molar-refractivity contribution in [3.63, 3.8) is 0 Å². The Morgan fingerprint density at radius 1 is 0.786 bits per heavy atom. The molecule has 14 heavy (non-hydrogen) atoms. The van der Waals surface area contributed by atoms with E-state index in [2.05, 4.69) is 0 Å². The summed E-state index contributed by atoms with van der Waals surface area (Å²) in [6.45, 7) is 0. The van der Waals surface area contributed by atoms with Gasteiger partial charge >= 0.3 is 0 Å². The topological polar surface area (TPSA) is 20.2 Å². The molecule has 2 heteroatoms. The van der Waals surface area contributed by atoms with Gasteiger partial charge in [-0.3, -0.25) is 0 Å². The van der Waals surface area contributed by atoms with E-state index >= 15 is 0 Å². The lowest BCUT2D eigenvalue weighted by Crippen LogP contribution is -2.09. The van der Waals surface area contributed by atoms with Gasteiger partial charge in [-0.1, -0.05) is 60.7 Å². The summed E-state index contributed by atoms with van der Waals surface area (Å²) < 4.78 is 7.16. The van der Waals surface area contributed by atoms with Crippen molar-refractivity contribution < 1.29 is 4.90 Å². The van der Waals surface area contributed by atoms with Crippen LogP contribution in [0.4, 0.5) is 0 Å². The molecule has 0 saturated carbocycles. The Balaban J connectivity index is 2.34. The van der Waals surface area contributed by atoms with Crippen molar-refractivity contribution in [1.29, 1.82) is 1.43 Å². The zero-order valence-corrected chi connectivity index (χ0v) is 8.52. The normalized spacial score (nSPS) is 11.4. The highest BCUT2D eigenvalue weighted by Gasteiger charge is 2.08. The molecule has 2 aromatic rings. The first kappa shape index (κ1) is 8.16. The Kier molecular flexibility index (Phi) is 2.55. The third-order valence-electron chi connectivity index (χ3n) is 1.98. The standard InChI is InChI=1S/C12H11OP/c13-14(11-7-3-1-4-8-11)12-9-5-2-6-10-12/h1-10,13H/i13D. The molecule has 0 unspecified atom stereocenters. The average Bonchev–Trinajstić information content (AvgIpc) is 2.33. The van der Waals surface area contributed by atoms with Gasteiger partial charge in [0.25, 0.3) is 0 Å². The van der Waals surface area contributed by atoms with E-state index in [0.29, 0.717) is 0 Å². The highest BCUT2D eigenvalue weighted by molar-refractivity contribution is 7.67. The van der Waals surface area contributed by atoms with Crippen LogP contribution in [0.15, 0.2) is 60.7 Å². The monoisotopic (exact) mass is 203 g/mol. The molecule has 0 aromatic heterocycles. The number of rotatable bonds is 3. The average molecular weight is 203 g/mol. The molecule has 0 heterocycles. The zero-order chi connectivity index (χ0) is 10.5. The van der Waals surface area contributed by atoms with Crippen molar-refractivity contribution in [2.45, 2.75) is 0 Å². The van der Waals surface area contributed by atoms with Crippen molar-refractivity contribution in [3.05, 3.63) is 60.7 Å². The van der Waals surface area contributed by atoms with Gasteiger partial charge in [-0.2, -0.15) is 0 Å². The van der Waals surface area contributed by atoms with Crippen molar-refractivity contribution >= 4 is 18.8 Å². The molecule has 0 aliphatic rings. The van der Waals surface area contributed by atoms with Crippen molar-refractivity contribution in [3.8, 4) is 0 Å². The fraction of sp³-hybridized carbons (Fsp3) is 0. The van der Waals surface area contributed by atoms with E-state index < -0.39 is 8.15 Å². The lowest BCUT2D eigenvalue weighted by molar-refractivity contribution is 0.644. The van der Waals surface area contributed by atoms with Gasteiger partial charge in [0, 0.05) is 10.6 Å². The second-order valence-electron chi connectivity index (χ2n) is 2.97. The molecule has 0 atom stereocenters. The van der Waals surface area contributed by atoms with Crippen LogP contribution < -0.4 is 10.6 Å². The number of hydrogen-bond acceptors (Lipinski definition) is 1. The molecule has 1 nitrogen and oxygen atoms in total. The van der Waals surface area contributed by atoms with E-state index in [4.69, 9.17) is 6.33 Å². The predicted molar refractivity (Wildman–Crippen MR) is 61.3 cm³/mol. The molecular formula is C12H11OP. The maximum Gasteiger partial charge on any atom is 0.216 e. The summed E-state index contributed by atoms with van der Waals surface area (Å²) in [5.41, 5.74) is 0. The lowest BCUT2D eigenvalue weighted by Gasteiger charge is -2.09. The van der Waals surface area contributed by atoms with Gasteiger partial charge in [0.2, 0.25) is 1.43 Å². The second-order valence-corrected chi connectivity index (χ2v) is 4.59. The first-order valence-corrected chi connectivity index (χ1v) is 5.71. The molecule has 2 rings (SSSR count). The van der Waals surface area contributed by atoms with Crippen LogP contribution in [-0.2, 0) is 0 Å². The third-order valence-corrected chi connectivity index (χ3v) is 3.52. The molecule has 2 aromatic carbocycles. The molecule has 0 spiro atoms. The molecule has 0 aliphatic carbocycles. The minimum Gasteiger partial charge on any atom is -0.364 e. The van der Waals surface area contributed by atoms with E-state index in [1.807, 2.05) is 60.7 Å². The Morgan fingerprint density at radius 2 is 1.21 bits per heavy atom. The minimum absolute atomic E-state index is 0.982. The van der Waals surface area contributed by atoms with Crippen molar-refractivity contribution in [2.24, 2.45) is 0 Å². The quantitative estimate of drug-likeness (QED) is 0.757. The van der Waals surface area contributed by atoms with Crippen molar-refractivity contribution in [1.82, 2.24) is 0 Å². The summed E-state index contributed by atoms with van der Waals surface area (Å²) in [6, 6.07) is 19.8. The van der Waals surface area contributed by atoms with Crippen LogP contribution in [0, 0.1) is 0 Å². The maximum atomic E-state index is 7.16. The van der Waals surface area contributed by atoms with Gasteiger partial charge in [-0.05, 0) is 0 Å². The predicted octanol–water partition coefficient (Wildman–Crippen LogP) is 2.03. The summed E-state index contributed by atoms with van der Waals surface area (Å²) in [5.74, 6) is 0. The molecule has 1 N–H and O–H groups in total. The van der Waals surface area contributed by atoms with Gasteiger partial charge in [0.05, 0.1) is 8.15 Å². The largest absolute Gasteiger partial charge is 0.364 e. The molecule has 0 saturated heterocycles. The Bertz CT molecular complexity index is 365. The van der Waals surface area contributed by atoms with Gasteiger partial charge in [-0.25, -0.2) is 0 Å². The van der Waals surface area contributed by atoms with E-state index in [0.717, 1.165) is 10.6 Å². The highest BCUT2D eigenvalue weighted by Crippen LogP contribution is 2.26. The summed E-state index contributed by atoms with van der Waals surface area (Å²) in [6.07, 6.45) is 0. The van der Waals surface area contributed by atoms with E-state index in [-0.39, 0.29) is 0 Å². The van der Waals surface area contributed by atoms with E-state index in [1.165, 1.54) is 0 Å². The number of benzene rings is 2.